The fourth-order valence-corrected chi connectivity index (χ4v) is 2.42. The predicted octanol–water partition coefficient (Wildman–Crippen LogP) is 1.76. The first-order chi connectivity index (χ1) is 9.66. The van der Waals surface area contributed by atoms with E-state index < -0.39 is 0 Å². The summed E-state index contributed by atoms with van der Waals surface area (Å²) in [5, 5.41) is 7.06. The fourth-order valence-electron chi connectivity index (χ4n) is 2.42. The highest BCUT2D eigenvalue weighted by atomic mass is 16.5. The standard InChI is InChI=1S/C14H17N3O3/c1-9-13(10(2)16-15-9)11-3-4-12(20-11)14(18)17-5-7-19-8-6-17/h3-4H,5-8H2,1-2H3,(H,15,16). The summed E-state index contributed by atoms with van der Waals surface area (Å²) in [5.74, 6) is 0.950. The molecule has 3 heterocycles. The predicted molar refractivity (Wildman–Crippen MR) is 72.5 cm³/mol. The molecule has 0 saturated carbocycles. The van der Waals surface area contributed by atoms with Crippen LogP contribution >= 0.6 is 0 Å². The third-order valence-electron chi connectivity index (χ3n) is 3.49. The number of nitrogens with one attached hydrogen (secondary N) is 1. The van der Waals surface area contributed by atoms with Crippen molar-refractivity contribution in [3.05, 3.63) is 29.3 Å². The molecular weight excluding hydrogens is 258 g/mol. The lowest BCUT2D eigenvalue weighted by Gasteiger charge is -2.25. The lowest BCUT2D eigenvalue weighted by atomic mass is 10.1. The number of aromatic nitrogens is 2. The summed E-state index contributed by atoms with van der Waals surface area (Å²) < 4.78 is 11.0. The molecule has 1 aliphatic heterocycles. The van der Waals surface area contributed by atoms with Gasteiger partial charge in [0.2, 0.25) is 0 Å². The second-order valence-corrected chi connectivity index (χ2v) is 4.88. The van der Waals surface area contributed by atoms with Crippen LogP contribution in [-0.2, 0) is 4.74 Å². The van der Waals surface area contributed by atoms with Crippen molar-refractivity contribution in [1.29, 1.82) is 0 Å². The van der Waals surface area contributed by atoms with Gasteiger partial charge in [0.15, 0.2) is 5.76 Å². The number of hydrogen-bond acceptors (Lipinski definition) is 4. The minimum atomic E-state index is -0.0849. The van der Waals surface area contributed by atoms with Crippen LogP contribution in [0.1, 0.15) is 21.9 Å². The second kappa shape index (κ2) is 5.13. The van der Waals surface area contributed by atoms with Crippen LogP contribution < -0.4 is 0 Å². The zero-order chi connectivity index (χ0) is 14.1. The molecule has 20 heavy (non-hydrogen) atoms. The van der Waals surface area contributed by atoms with Gasteiger partial charge in [-0.2, -0.15) is 5.10 Å². The van der Waals surface area contributed by atoms with Gasteiger partial charge in [-0.3, -0.25) is 9.89 Å². The average Bonchev–Trinajstić information content (AvgIpc) is 3.06. The zero-order valence-electron chi connectivity index (χ0n) is 11.6. The molecule has 1 N–H and O–H groups in total. The van der Waals surface area contributed by atoms with E-state index in [0.29, 0.717) is 37.8 Å². The third kappa shape index (κ3) is 2.22. The number of carbonyl (C=O) groups excluding carboxylic acids is 1. The van der Waals surface area contributed by atoms with E-state index in [1.54, 1.807) is 11.0 Å². The molecule has 0 spiro atoms. The van der Waals surface area contributed by atoms with Crippen molar-refractivity contribution in [2.24, 2.45) is 0 Å². The molecule has 2 aromatic rings. The van der Waals surface area contributed by atoms with Gasteiger partial charge in [0, 0.05) is 18.8 Å². The van der Waals surface area contributed by atoms with Gasteiger partial charge in [0.25, 0.3) is 5.91 Å². The summed E-state index contributed by atoms with van der Waals surface area (Å²) in [6, 6.07) is 3.54. The Labute approximate surface area is 116 Å². The quantitative estimate of drug-likeness (QED) is 0.906. The largest absolute Gasteiger partial charge is 0.451 e. The average molecular weight is 275 g/mol. The highest BCUT2D eigenvalue weighted by Gasteiger charge is 2.22. The Bertz CT molecular complexity index is 604. The topological polar surface area (TPSA) is 71.4 Å². The molecule has 6 heteroatoms. The van der Waals surface area contributed by atoms with Gasteiger partial charge in [-0.15, -0.1) is 0 Å². The zero-order valence-corrected chi connectivity index (χ0v) is 11.6. The van der Waals surface area contributed by atoms with Gasteiger partial charge in [-0.25, -0.2) is 0 Å². The molecule has 2 aromatic heterocycles. The van der Waals surface area contributed by atoms with Gasteiger partial charge in [0.05, 0.1) is 24.5 Å². The molecule has 0 aliphatic carbocycles. The maximum Gasteiger partial charge on any atom is 0.289 e. The monoisotopic (exact) mass is 275 g/mol. The van der Waals surface area contributed by atoms with Gasteiger partial charge in [0.1, 0.15) is 5.76 Å². The maximum absolute atomic E-state index is 12.3. The molecule has 106 valence electrons. The van der Waals surface area contributed by atoms with E-state index >= 15 is 0 Å². The fraction of sp³-hybridized carbons (Fsp3) is 0.429. The number of nitrogens with zero attached hydrogens (tertiary/aromatic N) is 2. The normalized spacial score (nSPS) is 15.6. The van der Waals surface area contributed by atoms with Crippen LogP contribution in [0.25, 0.3) is 11.3 Å². The van der Waals surface area contributed by atoms with Gasteiger partial charge < -0.3 is 14.1 Å². The third-order valence-corrected chi connectivity index (χ3v) is 3.49. The summed E-state index contributed by atoms with van der Waals surface area (Å²) in [6.45, 7) is 6.22. The van der Waals surface area contributed by atoms with E-state index in [1.165, 1.54) is 0 Å². The van der Waals surface area contributed by atoms with Crippen molar-refractivity contribution < 1.29 is 13.9 Å². The minimum Gasteiger partial charge on any atom is -0.451 e. The van der Waals surface area contributed by atoms with Crippen molar-refractivity contribution >= 4 is 5.91 Å². The first-order valence-electron chi connectivity index (χ1n) is 6.65. The van der Waals surface area contributed by atoms with E-state index in [0.717, 1.165) is 17.0 Å². The van der Waals surface area contributed by atoms with Crippen LogP contribution in [-0.4, -0.2) is 47.3 Å². The lowest BCUT2D eigenvalue weighted by Crippen LogP contribution is -2.40. The number of hydrogen-bond donors (Lipinski definition) is 1. The SMILES string of the molecule is Cc1n[nH]c(C)c1-c1ccc(C(=O)N2CCOCC2)o1. The van der Waals surface area contributed by atoms with Gasteiger partial charge >= 0.3 is 0 Å². The summed E-state index contributed by atoms with van der Waals surface area (Å²) in [6.07, 6.45) is 0. The molecule has 1 saturated heterocycles. The first-order valence-corrected chi connectivity index (χ1v) is 6.65. The highest BCUT2D eigenvalue weighted by Crippen LogP contribution is 2.27. The van der Waals surface area contributed by atoms with Crippen LogP contribution in [0.2, 0.25) is 0 Å². The maximum atomic E-state index is 12.3. The van der Waals surface area contributed by atoms with E-state index in [-0.39, 0.29) is 5.91 Å². The molecule has 6 nitrogen and oxygen atoms in total. The summed E-state index contributed by atoms with van der Waals surface area (Å²) in [7, 11) is 0. The van der Waals surface area contributed by atoms with Crippen LogP contribution in [0.15, 0.2) is 16.5 Å². The van der Waals surface area contributed by atoms with E-state index in [2.05, 4.69) is 10.2 Å². The molecular formula is C14H17N3O3. The number of morpholine rings is 1. The molecule has 1 aliphatic rings. The number of carbonyl (C=O) groups is 1. The molecule has 0 atom stereocenters. The Balaban J connectivity index is 1.85. The smallest absolute Gasteiger partial charge is 0.289 e. The lowest BCUT2D eigenvalue weighted by molar-refractivity contribution is 0.0283. The van der Waals surface area contributed by atoms with Crippen molar-refractivity contribution in [2.75, 3.05) is 26.3 Å². The summed E-state index contributed by atoms with van der Waals surface area (Å²) in [4.78, 5) is 14.1. The number of rotatable bonds is 2. The van der Waals surface area contributed by atoms with Gasteiger partial charge in [-0.1, -0.05) is 0 Å². The summed E-state index contributed by atoms with van der Waals surface area (Å²) >= 11 is 0. The Kier molecular flexibility index (Phi) is 3.31. The molecule has 0 bridgehead atoms. The Morgan fingerprint density at radius 2 is 2.05 bits per heavy atom. The molecule has 0 aromatic carbocycles. The Hall–Kier alpha value is -2.08. The van der Waals surface area contributed by atoms with Crippen LogP contribution in [0.3, 0.4) is 0 Å². The van der Waals surface area contributed by atoms with Gasteiger partial charge in [-0.05, 0) is 26.0 Å². The number of furan rings is 1. The van der Waals surface area contributed by atoms with Crippen molar-refractivity contribution in [3.8, 4) is 11.3 Å². The van der Waals surface area contributed by atoms with E-state index in [4.69, 9.17) is 9.15 Å². The van der Waals surface area contributed by atoms with E-state index in [1.807, 2.05) is 19.9 Å². The van der Waals surface area contributed by atoms with Crippen molar-refractivity contribution in [3.63, 3.8) is 0 Å². The number of aromatic amines is 1. The van der Waals surface area contributed by atoms with Crippen LogP contribution in [0.5, 0.6) is 0 Å². The molecule has 0 unspecified atom stereocenters. The number of aryl methyl sites for hydroxylation is 2. The molecule has 1 amide bonds. The Morgan fingerprint density at radius 1 is 1.30 bits per heavy atom. The second-order valence-electron chi connectivity index (χ2n) is 4.88. The number of amides is 1. The van der Waals surface area contributed by atoms with E-state index in [9.17, 15) is 4.79 Å². The molecule has 1 fully saturated rings. The molecule has 0 radical (unpaired) electrons. The minimum absolute atomic E-state index is 0.0849. The van der Waals surface area contributed by atoms with Crippen molar-refractivity contribution in [2.45, 2.75) is 13.8 Å². The summed E-state index contributed by atoms with van der Waals surface area (Å²) in [5.41, 5.74) is 2.72. The number of ether oxygens (including phenoxy) is 1. The molecule has 3 rings (SSSR count). The first kappa shape index (κ1) is 12.9. The Morgan fingerprint density at radius 3 is 2.70 bits per heavy atom. The van der Waals surface area contributed by atoms with Crippen LogP contribution in [0.4, 0.5) is 0 Å². The highest BCUT2D eigenvalue weighted by molar-refractivity contribution is 5.92. The number of H-pyrrole nitrogens is 1. The van der Waals surface area contributed by atoms with Crippen molar-refractivity contribution in [1.82, 2.24) is 15.1 Å². The van der Waals surface area contributed by atoms with Crippen LogP contribution in [0, 0.1) is 13.8 Å².